The van der Waals surface area contributed by atoms with Crippen LogP contribution in [0.5, 0.6) is 0 Å². The summed E-state index contributed by atoms with van der Waals surface area (Å²) >= 11 is 0. The normalized spacial score (nSPS) is 26.1. The first-order chi connectivity index (χ1) is 9.29. The monoisotopic (exact) mass is 257 g/mol. The lowest BCUT2D eigenvalue weighted by atomic mass is 9.83. The Labute approximate surface area is 113 Å². The molecule has 0 spiro atoms. The minimum Gasteiger partial charge on any atom is -0.376 e. The van der Waals surface area contributed by atoms with Crippen LogP contribution in [0.25, 0.3) is 10.8 Å². The summed E-state index contributed by atoms with van der Waals surface area (Å²) in [5.41, 5.74) is 6.07. The third-order valence-electron chi connectivity index (χ3n) is 3.72. The van der Waals surface area contributed by atoms with E-state index in [-0.39, 0.29) is 18.2 Å². The highest BCUT2D eigenvalue weighted by Crippen LogP contribution is 2.28. The SMILES string of the molecule is CCOC1CC(N)C1Nc1nccc2ccccc12. The molecule has 0 saturated heterocycles. The number of rotatable bonds is 4. The third-order valence-corrected chi connectivity index (χ3v) is 3.72. The molecule has 1 aliphatic carbocycles. The fourth-order valence-electron chi connectivity index (χ4n) is 2.62. The topological polar surface area (TPSA) is 60.2 Å². The second-order valence-corrected chi connectivity index (χ2v) is 4.94. The van der Waals surface area contributed by atoms with Crippen molar-refractivity contribution in [3.63, 3.8) is 0 Å². The molecule has 1 aromatic heterocycles. The maximum atomic E-state index is 6.07. The average Bonchev–Trinajstić information content (AvgIpc) is 2.44. The average molecular weight is 257 g/mol. The van der Waals surface area contributed by atoms with Gasteiger partial charge in [0, 0.05) is 24.2 Å². The van der Waals surface area contributed by atoms with Crippen molar-refractivity contribution in [1.82, 2.24) is 4.98 Å². The van der Waals surface area contributed by atoms with Gasteiger partial charge in [-0.05, 0) is 24.8 Å². The van der Waals surface area contributed by atoms with E-state index >= 15 is 0 Å². The molecule has 1 aliphatic rings. The fraction of sp³-hybridized carbons (Fsp3) is 0.400. The third kappa shape index (κ3) is 2.29. The van der Waals surface area contributed by atoms with Gasteiger partial charge in [0.1, 0.15) is 5.82 Å². The first-order valence-corrected chi connectivity index (χ1v) is 6.77. The molecule has 0 amide bonds. The van der Waals surface area contributed by atoms with Crippen LogP contribution in [0.2, 0.25) is 0 Å². The lowest BCUT2D eigenvalue weighted by Gasteiger charge is -2.42. The van der Waals surface area contributed by atoms with Gasteiger partial charge in [-0.25, -0.2) is 4.98 Å². The highest BCUT2D eigenvalue weighted by Gasteiger charge is 2.39. The number of aromatic nitrogens is 1. The van der Waals surface area contributed by atoms with Crippen molar-refractivity contribution < 1.29 is 4.74 Å². The Bertz CT molecular complexity index is 565. The summed E-state index contributed by atoms with van der Waals surface area (Å²) < 4.78 is 5.67. The number of ether oxygens (including phenoxy) is 1. The summed E-state index contributed by atoms with van der Waals surface area (Å²) in [6.07, 6.45) is 2.93. The fourth-order valence-corrected chi connectivity index (χ4v) is 2.62. The molecule has 0 radical (unpaired) electrons. The number of hydrogen-bond donors (Lipinski definition) is 2. The van der Waals surface area contributed by atoms with Crippen LogP contribution in [-0.4, -0.2) is 29.8 Å². The molecule has 1 saturated carbocycles. The van der Waals surface area contributed by atoms with E-state index in [1.54, 1.807) is 0 Å². The Morgan fingerprint density at radius 2 is 2.21 bits per heavy atom. The Morgan fingerprint density at radius 3 is 3.00 bits per heavy atom. The predicted octanol–water partition coefficient (Wildman–Crippen LogP) is 2.15. The smallest absolute Gasteiger partial charge is 0.134 e. The second kappa shape index (κ2) is 5.15. The summed E-state index contributed by atoms with van der Waals surface area (Å²) in [6, 6.07) is 10.5. The van der Waals surface area contributed by atoms with Crippen molar-refractivity contribution in [2.75, 3.05) is 11.9 Å². The minimum atomic E-state index is 0.136. The zero-order valence-corrected chi connectivity index (χ0v) is 11.0. The Balaban J connectivity index is 1.85. The van der Waals surface area contributed by atoms with Crippen molar-refractivity contribution in [3.8, 4) is 0 Å². The van der Waals surface area contributed by atoms with Gasteiger partial charge in [-0.3, -0.25) is 0 Å². The van der Waals surface area contributed by atoms with E-state index < -0.39 is 0 Å². The van der Waals surface area contributed by atoms with Crippen molar-refractivity contribution in [3.05, 3.63) is 36.5 Å². The van der Waals surface area contributed by atoms with Gasteiger partial charge in [-0.2, -0.15) is 0 Å². The van der Waals surface area contributed by atoms with E-state index in [2.05, 4.69) is 22.4 Å². The molecule has 2 aromatic rings. The van der Waals surface area contributed by atoms with E-state index in [1.165, 1.54) is 5.39 Å². The molecule has 3 N–H and O–H groups in total. The van der Waals surface area contributed by atoms with E-state index in [9.17, 15) is 0 Å². The van der Waals surface area contributed by atoms with Crippen molar-refractivity contribution in [1.29, 1.82) is 0 Å². The van der Waals surface area contributed by atoms with Crippen LogP contribution in [0.1, 0.15) is 13.3 Å². The maximum Gasteiger partial charge on any atom is 0.134 e. The van der Waals surface area contributed by atoms with Crippen LogP contribution < -0.4 is 11.1 Å². The standard InChI is InChI=1S/C15H19N3O/c1-2-19-13-9-12(16)14(13)18-15-11-6-4-3-5-10(11)7-8-17-15/h3-8,12-14H,2,9,16H2,1H3,(H,17,18). The van der Waals surface area contributed by atoms with Crippen molar-refractivity contribution >= 4 is 16.6 Å². The summed E-state index contributed by atoms with van der Waals surface area (Å²) in [6.45, 7) is 2.73. The van der Waals surface area contributed by atoms with Gasteiger partial charge < -0.3 is 15.8 Å². The molecule has 0 bridgehead atoms. The number of pyridine rings is 1. The molecule has 4 heteroatoms. The summed E-state index contributed by atoms with van der Waals surface area (Å²) in [4.78, 5) is 4.44. The van der Waals surface area contributed by atoms with E-state index in [0.29, 0.717) is 0 Å². The quantitative estimate of drug-likeness (QED) is 0.881. The van der Waals surface area contributed by atoms with Gasteiger partial charge >= 0.3 is 0 Å². The second-order valence-electron chi connectivity index (χ2n) is 4.94. The Hall–Kier alpha value is -1.65. The molecule has 1 heterocycles. The molecule has 100 valence electrons. The molecule has 1 fully saturated rings. The molecule has 3 unspecified atom stereocenters. The lowest BCUT2D eigenvalue weighted by Crippen LogP contribution is -2.60. The Morgan fingerprint density at radius 1 is 1.37 bits per heavy atom. The summed E-state index contributed by atoms with van der Waals surface area (Å²) in [5, 5.41) is 5.75. The maximum absolute atomic E-state index is 6.07. The molecule has 19 heavy (non-hydrogen) atoms. The first kappa shape index (κ1) is 12.4. The number of nitrogens with two attached hydrogens (primary N) is 1. The first-order valence-electron chi connectivity index (χ1n) is 6.77. The Kier molecular flexibility index (Phi) is 3.36. The van der Waals surface area contributed by atoms with Crippen LogP contribution in [0.4, 0.5) is 5.82 Å². The highest BCUT2D eigenvalue weighted by atomic mass is 16.5. The van der Waals surface area contributed by atoms with Crippen LogP contribution in [-0.2, 0) is 4.74 Å². The minimum absolute atomic E-state index is 0.136. The van der Waals surface area contributed by atoms with Crippen LogP contribution in [0, 0.1) is 0 Å². The predicted molar refractivity (Wildman–Crippen MR) is 77.2 cm³/mol. The number of nitrogens with one attached hydrogen (secondary N) is 1. The van der Waals surface area contributed by atoms with Crippen molar-refractivity contribution in [2.24, 2.45) is 5.73 Å². The number of benzene rings is 1. The van der Waals surface area contributed by atoms with E-state index in [0.717, 1.165) is 24.2 Å². The zero-order valence-electron chi connectivity index (χ0n) is 11.0. The van der Waals surface area contributed by atoms with Crippen LogP contribution in [0.15, 0.2) is 36.5 Å². The van der Waals surface area contributed by atoms with Crippen molar-refractivity contribution in [2.45, 2.75) is 31.5 Å². The highest BCUT2D eigenvalue weighted by molar-refractivity contribution is 5.91. The molecular formula is C15H19N3O. The molecular weight excluding hydrogens is 238 g/mol. The zero-order chi connectivity index (χ0) is 13.2. The lowest BCUT2D eigenvalue weighted by molar-refractivity contribution is -0.0126. The number of fused-ring (bicyclic) bond motifs is 1. The van der Waals surface area contributed by atoms with Crippen LogP contribution in [0.3, 0.4) is 0 Å². The molecule has 3 atom stereocenters. The van der Waals surface area contributed by atoms with Gasteiger partial charge in [-0.15, -0.1) is 0 Å². The van der Waals surface area contributed by atoms with Gasteiger partial charge in [0.05, 0.1) is 12.1 Å². The number of anilines is 1. The van der Waals surface area contributed by atoms with Crippen LogP contribution >= 0.6 is 0 Å². The molecule has 0 aliphatic heterocycles. The number of hydrogen-bond acceptors (Lipinski definition) is 4. The van der Waals surface area contributed by atoms with E-state index in [4.69, 9.17) is 10.5 Å². The van der Waals surface area contributed by atoms with Gasteiger partial charge in [0.2, 0.25) is 0 Å². The number of nitrogens with zero attached hydrogens (tertiary/aromatic N) is 1. The van der Waals surface area contributed by atoms with Gasteiger partial charge in [0.15, 0.2) is 0 Å². The van der Waals surface area contributed by atoms with Gasteiger partial charge in [0.25, 0.3) is 0 Å². The summed E-state index contributed by atoms with van der Waals surface area (Å²) in [5.74, 6) is 0.892. The largest absolute Gasteiger partial charge is 0.376 e. The molecule has 4 nitrogen and oxygen atoms in total. The van der Waals surface area contributed by atoms with Gasteiger partial charge in [-0.1, -0.05) is 24.3 Å². The van der Waals surface area contributed by atoms with E-state index in [1.807, 2.05) is 31.3 Å². The molecule has 3 rings (SSSR count). The summed E-state index contributed by atoms with van der Waals surface area (Å²) in [7, 11) is 0. The molecule has 1 aromatic carbocycles.